The Balaban J connectivity index is 2.13. The first-order chi connectivity index (χ1) is 14.4. The summed E-state index contributed by atoms with van der Waals surface area (Å²) in [5, 5.41) is 20.7. The van der Waals surface area contributed by atoms with E-state index in [-0.39, 0.29) is 17.1 Å². The highest BCUT2D eigenvalue weighted by atomic mass is 16.5. The largest absolute Gasteiger partial charge is 0.508 e. The smallest absolute Gasteiger partial charge is 0.295 e. The zero-order chi connectivity index (χ0) is 21.8. The van der Waals surface area contributed by atoms with Crippen molar-refractivity contribution in [2.24, 2.45) is 0 Å². The van der Waals surface area contributed by atoms with Gasteiger partial charge in [-0.3, -0.25) is 9.59 Å². The quantitative estimate of drug-likeness (QED) is 0.404. The van der Waals surface area contributed by atoms with Gasteiger partial charge in [-0.15, -0.1) is 0 Å². The number of amides is 1. The van der Waals surface area contributed by atoms with Crippen LogP contribution in [0.2, 0.25) is 0 Å². The minimum absolute atomic E-state index is 0.0605. The van der Waals surface area contributed by atoms with E-state index in [1.807, 2.05) is 20.8 Å². The van der Waals surface area contributed by atoms with Gasteiger partial charge < -0.3 is 19.8 Å². The maximum Gasteiger partial charge on any atom is 0.295 e. The van der Waals surface area contributed by atoms with Crippen LogP contribution in [0.15, 0.2) is 48.0 Å². The van der Waals surface area contributed by atoms with Gasteiger partial charge in [0, 0.05) is 12.1 Å². The van der Waals surface area contributed by atoms with Crippen LogP contribution in [-0.2, 0) is 9.59 Å². The molecule has 3 rings (SSSR count). The summed E-state index contributed by atoms with van der Waals surface area (Å²) in [5.74, 6) is -0.741. The molecule has 0 saturated carbocycles. The number of phenols is 1. The minimum atomic E-state index is -0.705. The molecule has 0 bridgehead atoms. The second-order valence-corrected chi connectivity index (χ2v) is 7.35. The van der Waals surface area contributed by atoms with E-state index in [0.717, 1.165) is 18.4 Å². The highest BCUT2D eigenvalue weighted by molar-refractivity contribution is 6.46. The number of phenolic OH excluding ortho intramolecular Hbond substituents is 1. The number of ether oxygens (including phenoxy) is 1. The molecule has 158 valence electrons. The summed E-state index contributed by atoms with van der Waals surface area (Å²) in [5.41, 5.74) is 1.99. The van der Waals surface area contributed by atoms with E-state index in [1.54, 1.807) is 30.3 Å². The number of aliphatic hydroxyl groups excluding tert-OH is 1. The molecule has 2 aromatic carbocycles. The number of ketones is 1. The number of likely N-dealkylation sites (tertiary alicyclic amines) is 1. The first-order valence-corrected chi connectivity index (χ1v) is 10.2. The third-order valence-corrected chi connectivity index (χ3v) is 5.25. The standard InChI is InChI=1S/C24H27NO5/c1-4-6-13-25-21(16-7-10-18(26)11-8-16)20(23(28)24(25)29)22(27)17-9-12-19(30-5-2)15(3)14-17/h7-12,14,21,26-27H,4-6,13H2,1-3H3/b22-20-. The SMILES string of the molecule is CCCCN1C(=O)C(=O)/C(=C(\O)c2ccc(OCC)c(C)c2)C1c1ccc(O)cc1. The monoisotopic (exact) mass is 409 g/mol. The van der Waals surface area contributed by atoms with Gasteiger partial charge >= 0.3 is 0 Å². The van der Waals surface area contributed by atoms with Crippen LogP contribution in [0, 0.1) is 6.92 Å². The van der Waals surface area contributed by atoms with Crippen LogP contribution < -0.4 is 4.74 Å². The van der Waals surface area contributed by atoms with Crippen molar-refractivity contribution in [3.63, 3.8) is 0 Å². The molecule has 6 heteroatoms. The fourth-order valence-corrected chi connectivity index (χ4v) is 3.71. The number of aliphatic hydroxyl groups is 1. The molecular weight excluding hydrogens is 382 g/mol. The van der Waals surface area contributed by atoms with Crippen LogP contribution in [0.1, 0.15) is 49.4 Å². The van der Waals surface area contributed by atoms with Crippen LogP contribution in [0.25, 0.3) is 5.76 Å². The van der Waals surface area contributed by atoms with E-state index in [1.165, 1.54) is 17.0 Å². The molecule has 1 unspecified atom stereocenters. The first kappa shape index (κ1) is 21.4. The van der Waals surface area contributed by atoms with E-state index >= 15 is 0 Å². The second kappa shape index (κ2) is 9.03. The molecule has 1 aliphatic heterocycles. The highest BCUT2D eigenvalue weighted by Crippen LogP contribution is 2.40. The summed E-state index contributed by atoms with van der Waals surface area (Å²) < 4.78 is 5.55. The molecule has 30 heavy (non-hydrogen) atoms. The average Bonchev–Trinajstić information content (AvgIpc) is 2.98. The predicted molar refractivity (Wildman–Crippen MR) is 114 cm³/mol. The molecule has 0 aliphatic carbocycles. The molecule has 1 aliphatic rings. The number of carbonyl (C=O) groups is 2. The van der Waals surface area contributed by atoms with Crippen LogP contribution in [0.5, 0.6) is 11.5 Å². The zero-order valence-corrected chi connectivity index (χ0v) is 17.5. The molecule has 1 fully saturated rings. The molecule has 0 aromatic heterocycles. The predicted octanol–water partition coefficient (Wildman–Crippen LogP) is 4.32. The molecule has 1 amide bonds. The van der Waals surface area contributed by atoms with Gasteiger partial charge in [0.05, 0.1) is 18.2 Å². The number of aromatic hydroxyl groups is 1. The number of Topliss-reactive ketones (excluding diaryl/α,β-unsaturated/α-hetero) is 1. The summed E-state index contributed by atoms with van der Waals surface area (Å²) in [6.45, 7) is 6.69. The third-order valence-electron chi connectivity index (χ3n) is 5.25. The Morgan fingerprint density at radius 3 is 2.40 bits per heavy atom. The summed E-state index contributed by atoms with van der Waals surface area (Å²) in [7, 11) is 0. The van der Waals surface area contributed by atoms with Crippen molar-refractivity contribution in [2.75, 3.05) is 13.2 Å². The summed E-state index contributed by atoms with van der Waals surface area (Å²) in [6.07, 6.45) is 1.60. The number of hydrogen-bond donors (Lipinski definition) is 2. The lowest BCUT2D eigenvalue weighted by Crippen LogP contribution is -2.30. The Hall–Kier alpha value is -3.28. The maximum atomic E-state index is 12.9. The van der Waals surface area contributed by atoms with Gasteiger partial charge in [0.2, 0.25) is 0 Å². The van der Waals surface area contributed by atoms with Crippen molar-refractivity contribution >= 4 is 17.4 Å². The molecule has 1 heterocycles. The van der Waals surface area contributed by atoms with Gasteiger partial charge in [0.25, 0.3) is 11.7 Å². The van der Waals surface area contributed by atoms with Crippen LogP contribution in [-0.4, -0.2) is 40.0 Å². The fourth-order valence-electron chi connectivity index (χ4n) is 3.71. The van der Waals surface area contributed by atoms with Crippen molar-refractivity contribution in [2.45, 2.75) is 39.7 Å². The molecule has 1 atom stereocenters. The fraction of sp³-hybridized carbons (Fsp3) is 0.333. The normalized spacial score (nSPS) is 18.1. The summed E-state index contributed by atoms with van der Waals surface area (Å²) >= 11 is 0. The van der Waals surface area contributed by atoms with E-state index in [0.29, 0.717) is 30.0 Å². The Morgan fingerprint density at radius 1 is 1.10 bits per heavy atom. The van der Waals surface area contributed by atoms with Crippen molar-refractivity contribution in [1.29, 1.82) is 0 Å². The molecular formula is C24H27NO5. The molecule has 2 N–H and O–H groups in total. The highest BCUT2D eigenvalue weighted by Gasteiger charge is 2.45. The zero-order valence-electron chi connectivity index (χ0n) is 17.5. The Labute approximate surface area is 176 Å². The van der Waals surface area contributed by atoms with Crippen molar-refractivity contribution in [1.82, 2.24) is 4.90 Å². The van der Waals surface area contributed by atoms with E-state index in [4.69, 9.17) is 4.74 Å². The third kappa shape index (κ3) is 4.03. The van der Waals surface area contributed by atoms with Crippen LogP contribution in [0.3, 0.4) is 0 Å². The van der Waals surface area contributed by atoms with Gasteiger partial charge in [-0.05, 0) is 61.7 Å². The van der Waals surface area contributed by atoms with Crippen LogP contribution in [0.4, 0.5) is 0 Å². The molecule has 0 radical (unpaired) electrons. The average molecular weight is 409 g/mol. The van der Waals surface area contributed by atoms with E-state index < -0.39 is 17.7 Å². The number of unbranched alkanes of at least 4 members (excludes halogenated alkanes) is 1. The molecule has 6 nitrogen and oxygen atoms in total. The number of aryl methyl sites for hydroxylation is 1. The molecule has 1 saturated heterocycles. The van der Waals surface area contributed by atoms with Gasteiger partial charge in [-0.25, -0.2) is 0 Å². The van der Waals surface area contributed by atoms with Crippen molar-refractivity contribution in [3.05, 3.63) is 64.7 Å². The Morgan fingerprint density at radius 2 is 1.80 bits per heavy atom. The number of benzene rings is 2. The maximum absolute atomic E-state index is 12.9. The molecule has 0 spiro atoms. The van der Waals surface area contributed by atoms with Gasteiger partial charge in [-0.1, -0.05) is 25.5 Å². The lowest BCUT2D eigenvalue weighted by Gasteiger charge is -2.25. The van der Waals surface area contributed by atoms with Crippen molar-refractivity contribution < 1.29 is 24.5 Å². The summed E-state index contributed by atoms with van der Waals surface area (Å²) in [4.78, 5) is 27.2. The lowest BCUT2D eigenvalue weighted by molar-refractivity contribution is -0.139. The number of carbonyl (C=O) groups excluding carboxylic acids is 2. The van der Waals surface area contributed by atoms with Gasteiger partial charge in [0.15, 0.2) is 0 Å². The Kier molecular flexibility index (Phi) is 6.45. The van der Waals surface area contributed by atoms with E-state index in [2.05, 4.69) is 0 Å². The number of hydrogen-bond acceptors (Lipinski definition) is 5. The first-order valence-electron chi connectivity index (χ1n) is 10.2. The second-order valence-electron chi connectivity index (χ2n) is 7.35. The van der Waals surface area contributed by atoms with Crippen LogP contribution >= 0.6 is 0 Å². The Bertz CT molecular complexity index is 978. The van der Waals surface area contributed by atoms with Gasteiger partial charge in [-0.2, -0.15) is 0 Å². The summed E-state index contributed by atoms with van der Waals surface area (Å²) in [6, 6.07) is 10.8. The minimum Gasteiger partial charge on any atom is -0.508 e. The van der Waals surface area contributed by atoms with E-state index in [9.17, 15) is 19.8 Å². The molecule has 2 aromatic rings. The van der Waals surface area contributed by atoms with Crippen molar-refractivity contribution in [3.8, 4) is 11.5 Å². The number of rotatable bonds is 7. The van der Waals surface area contributed by atoms with Gasteiger partial charge in [0.1, 0.15) is 17.3 Å². The topological polar surface area (TPSA) is 87.1 Å². The lowest BCUT2D eigenvalue weighted by atomic mass is 9.94. The number of nitrogens with zero attached hydrogens (tertiary/aromatic N) is 1.